The molecule has 0 unspecified atom stereocenters. The third kappa shape index (κ3) is 2.92. The maximum Gasteiger partial charge on any atom is 0.266 e. The van der Waals surface area contributed by atoms with Crippen molar-refractivity contribution in [3.8, 4) is 6.07 Å². The van der Waals surface area contributed by atoms with Gasteiger partial charge in [-0.1, -0.05) is 6.07 Å². The van der Waals surface area contributed by atoms with E-state index in [0.29, 0.717) is 17.0 Å². The van der Waals surface area contributed by atoms with E-state index in [2.05, 4.69) is 10.2 Å². The molecule has 0 bridgehead atoms. The lowest BCUT2D eigenvalue weighted by Gasteiger charge is -2.22. The first-order chi connectivity index (χ1) is 11.8. The number of hydrogen-bond acceptors (Lipinski definition) is 5. The van der Waals surface area contributed by atoms with Crippen molar-refractivity contribution in [3.05, 3.63) is 53.7 Å². The van der Waals surface area contributed by atoms with E-state index in [1.165, 1.54) is 34.9 Å². The van der Waals surface area contributed by atoms with Crippen molar-refractivity contribution in [2.75, 3.05) is 10.8 Å². The smallest absolute Gasteiger partial charge is 0.266 e. The number of aryl methyl sites for hydroxylation is 2. The molecule has 1 aromatic carbocycles. The standard InChI is InChI=1S/C16H14FN5O2S/c1-11-3-4-13(9-15(11)17)22(8-7-18)25(23,24)14-5-6-16-20-19-12(2)21(16)10-14/h3-6,9-10H,8H2,1-2H3. The number of benzene rings is 1. The van der Waals surface area contributed by atoms with Crippen LogP contribution in [0.1, 0.15) is 11.4 Å². The van der Waals surface area contributed by atoms with E-state index in [9.17, 15) is 12.8 Å². The van der Waals surface area contributed by atoms with E-state index < -0.39 is 22.4 Å². The van der Waals surface area contributed by atoms with Crippen LogP contribution in [0.2, 0.25) is 0 Å². The Balaban J connectivity index is 2.14. The number of anilines is 1. The summed E-state index contributed by atoms with van der Waals surface area (Å²) in [4.78, 5) is -0.0425. The predicted molar refractivity (Wildman–Crippen MR) is 89.0 cm³/mol. The molecule has 128 valence electrons. The van der Waals surface area contributed by atoms with Crippen LogP contribution in [0.15, 0.2) is 41.4 Å². The van der Waals surface area contributed by atoms with Crippen LogP contribution < -0.4 is 4.31 Å². The lowest BCUT2D eigenvalue weighted by atomic mass is 10.2. The number of fused-ring (bicyclic) bond motifs is 1. The summed E-state index contributed by atoms with van der Waals surface area (Å²) >= 11 is 0. The molecule has 0 N–H and O–H groups in total. The minimum absolute atomic E-state index is 0.0425. The Morgan fingerprint density at radius 1 is 1.24 bits per heavy atom. The topological polar surface area (TPSA) is 91.4 Å². The van der Waals surface area contributed by atoms with Gasteiger partial charge in [0.15, 0.2) is 5.65 Å². The Bertz CT molecular complexity index is 1100. The van der Waals surface area contributed by atoms with Gasteiger partial charge in [-0.3, -0.25) is 8.71 Å². The quantitative estimate of drug-likeness (QED) is 0.666. The average molecular weight is 359 g/mol. The zero-order chi connectivity index (χ0) is 18.2. The van der Waals surface area contributed by atoms with Crippen molar-refractivity contribution in [3.63, 3.8) is 0 Å². The van der Waals surface area contributed by atoms with Crippen molar-refractivity contribution in [1.29, 1.82) is 5.26 Å². The number of nitrogens with zero attached hydrogens (tertiary/aromatic N) is 5. The van der Waals surface area contributed by atoms with Crippen LogP contribution >= 0.6 is 0 Å². The molecule has 0 spiro atoms. The fourth-order valence-corrected chi connectivity index (χ4v) is 3.73. The third-order valence-corrected chi connectivity index (χ3v) is 5.55. The first-order valence-corrected chi connectivity index (χ1v) is 8.76. The van der Waals surface area contributed by atoms with Crippen LogP contribution in [0.4, 0.5) is 10.1 Å². The molecule has 7 nitrogen and oxygen atoms in total. The predicted octanol–water partition coefficient (Wildman–Crippen LogP) is 2.20. The molecule has 2 aromatic heterocycles. The zero-order valence-corrected chi connectivity index (χ0v) is 14.3. The van der Waals surface area contributed by atoms with Crippen molar-refractivity contribution >= 4 is 21.4 Å². The number of aromatic nitrogens is 3. The second-order valence-corrected chi connectivity index (χ2v) is 7.31. The maximum absolute atomic E-state index is 13.9. The molecule has 0 aliphatic rings. The zero-order valence-electron chi connectivity index (χ0n) is 13.5. The summed E-state index contributed by atoms with van der Waals surface area (Å²) in [5.74, 6) is -0.0130. The van der Waals surface area contributed by atoms with Gasteiger partial charge in [0.25, 0.3) is 10.0 Å². The van der Waals surface area contributed by atoms with Gasteiger partial charge in [0.1, 0.15) is 23.1 Å². The number of nitriles is 1. The summed E-state index contributed by atoms with van der Waals surface area (Å²) in [6.07, 6.45) is 1.38. The van der Waals surface area contributed by atoms with Gasteiger partial charge < -0.3 is 0 Å². The second-order valence-electron chi connectivity index (χ2n) is 5.44. The van der Waals surface area contributed by atoms with Crippen LogP contribution in [0.3, 0.4) is 0 Å². The van der Waals surface area contributed by atoms with Gasteiger partial charge in [0.2, 0.25) is 0 Å². The SMILES string of the molecule is Cc1ccc(N(CC#N)S(=O)(=O)c2ccc3nnc(C)n3c2)cc1F. The third-order valence-electron chi connectivity index (χ3n) is 3.79. The Morgan fingerprint density at radius 2 is 2.00 bits per heavy atom. The van der Waals surface area contributed by atoms with E-state index >= 15 is 0 Å². The van der Waals surface area contributed by atoms with E-state index in [1.807, 2.05) is 6.07 Å². The lowest BCUT2D eigenvalue weighted by Crippen LogP contribution is -2.31. The largest absolute Gasteiger partial charge is 0.285 e. The molecule has 2 heterocycles. The van der Waals surface area contributed by atoms with Gasteiger partial charge in [-0.05, 0) is 43.7 Å². The first-order valence-electron chi connectivity index (χ1n) is 7.32. The molecule has 0 aliphatic heterocycles. The fourth-order valence-electron chi connectivity index (χ4n) is 2.38. The summed E-state index contributed by atoms with van der Waals surface area (Å²) in [5, 5.41) is 16.8. The molecule has 3 rings (SSSR count). The normalized spacial score (nSPS) is 11.4. The first kappa shape index (κ1) is 16.9. The van der Waals surface area contributed by atoms with E-state index in [4.69, 9.17) is 5.26 Å². The summed E-state index contributed by atoms with van der Waals surface area (Å²) in [7, 11) is -4.06. The minimum Gasteiger partial charge on any atom is -0.285 e. The highest BCUT2D eigenvalue weighted by molar-refractivity contribution is 7.92. The Kier molecular flexibility index (Phi) is 4.14. The molecular weight excluding hydrogens is 345 g/mol. The summed E-state index contributed by atoms with van der Waals surface area (Å²) < 4.78 is 42.3. The van der Waals surface area contributed by atoms with E-state index in [-0.39, 0.29) is 10.6 Å². The Labute approximate surface area is 144 Å². The van der Waals surface area contributed by atoms with Gasteiger partial charge >= 0.3 is 0 Å². The minimum atomic E-state index is -4.06. The Morgan fingerprint density at radius 3 is 2.68 bits per heavy atom. The van der Waals surface area contributed by atoms with Crippen LogP contribution in [-0.2, 0) is 10.0 Å². The molecule has 0 aliphatic carbocycles. The van der Waals surface area contributed by atoms with Gasteiger partial charge in [-0.15, -0.1) is 10.2 Å². The van der Waals surface area contributed by atoms with Crippen molar-refractivity contribution in [1.82, 2.24) is 14.6 Å². The molecule has 0 atom stereocenters. The number of hydrogen-bond donors (Lipinski definition) is 0. The number of sulfonamides is 1. The average Bonchev–Trinajstić information content (AvgIpc) is 2.96. The van der Waals surface area contributed by atoms with Crippen LogP contribution in [0.25, 0.3) is 5.65 Å². The summed E-state index contributed by atoms with van der Waals surface area (Å²) in [6.45, 7) is 2.83. The highest BCUT2D eigenvalue weighted by atomic mass is 32.2. The van der Waals surface area contributed by atoms with E-state index in [1.54, 1.807) is 13.8 Å². The maximum atomic E-state index is 13.9. The van der Waals surface area contributed by atoms with Crippen LogP contribution in [0.5, 0.6) is 0 Å². The molecule has 25 heavy (non-hydrogen) atoms. The molecule has 0 saturated heterocycles. The van der Waals surface area contributed by atoms with Crippen molar-refractivity contribution in [2.45, 2.75) is 18.7 Å². The monoisotopic (exact) mass is 359 g/mol. The highest BCUT2D eigenvalue weighted by Gasteiger charge is 2.26. The molecule has 0 radical (unpaired) electrons. The van der Waals surface area contributed by atoms with Gasteiger partial charge in [0.05, 0.1) is 11.8 Å². The number of pyridine rings is 1. The van der Waals surface area contributed by atoms with Crippen molar-refractivity contribution < 1.29 is 12.8 Å². The molecular formula is C16H14FN5O2S. The number of rotatable bonds is 4. The van der Waals surface area contributed by atoms with Crippen molar-refractivity contribution in [2.24, 2.45) is 0 Å². The van der Waals surface area contributed by atoms with Crippen LogP contribution in [0, 0.1) is 31.0 Å². The van der Waals surface area contributed by atoms with Gasteiger partial charge in [-0.25, -0.2) is 12.8 Å². The molecule has 0 fully saturated rings. The van der Waals surface area contributed by atoms with Crippen LogP contribution in [-0.4, -0.2) is 29.6 Å². The molecule has 3 aromatic rings. The summed E-state index contributed by atoms with van der Waals surface area (Å²) in [5.41, 5.74) is 0.981. The fraction of sp³-hybridized carbons (Fsp3) is 0.188. The lowest BCUT2D eigenvalue weighted by molar-refractivity contribution is 0.591. The van der Waals surface area contributed by atoms with Gasteiger partial charge in [0, 0.05) is 6.20 Å². The molecule has 0 amide bonds. The van der Waals surface area contributed by atoms with E-state index in [0.717, 1.165) is 10.4 Å². The molecule has 9 heteroatoms. The van der Waals surface area contributed by atoms with Gasteiger partial charge in [-0.2, -0.15) is 5.26 Å². The number of halogens is 1. The molecule has 0 saturated carbocycles. The highest BCUT2D eigenvalue weighted by Crippen LogP contribution is 2.25. The second kappa shape index (κ2) is 6.14. The summed E-state index contributed by atoms with van der Waals surface area (Å²) in [6, 6.07) is 8.76. The Hall–Kier alpha value is -2.99.